The van der Waals surface area contributed by atoms with Gasteiger partial charge in [-0.1, -0.05) is 6.07 Å². The van der Waals surface area contributed by atoms with E-state index in [0.29, 0.717) is 37.8 Å². The summed E-state index contributed by atoms with van der Waals surface area (Å²) in [5, 5.41) is 5.50. The molecule has 8 nitrogen and oxygen atoms in total. The van der Waals surface area contributed by atoms with Gasteiger partial charge in [0.25, 0.3) is 0 Å². The number of anilines is 2. The fourth-order valence-electron chi connectivity index (χ4n) is 2.64. The summed E-state index contributed by atoms with van der Waals surface area (Å²) in [5.74, 6) is 2.31. The summed E-state index contributed by atoms with van der Waals surface area (Å²) in [4.78, 5) is 18.5. The molecular formula is C19H24N4O4. The summed E-state index contributed by atoms with van der Waals surface area (Å²) in [6, 6.07) is 10.8. The first kappa shape index (κ1) is 18.8. The lowest BCUT2D eigenvalue weighted by atomic mass is 10.3. The van der Waals surface area contributed by atoms with Crippen LogP contribution in [-0.4, -0.2) is 57.6 Å². The van der Waals surface area contributed by atoms with E-state index in [0.717, 1.165) is 24.7 Å². The number of rotatable bonds is 7. The molecule has 2 N–H and O–H groups in total. The van der Waals surface area contributed by atoms with Crippen molar-refractivity contribution in [2.24, 2.45) is 0 Å². The van der Waals surface area contributed by atoms with Crippen molar-refractivity contribution in [3.63, 3.8) is 0 Å². The number of benzene rings is 1. The summed E-state index contributed by atoms with van der Waals surface area (Å²) in [5.41, 5.74) is 0.637. The van der Waals surface area contributed by atoms with Gasteiger partial charge in [-0.25, -0.2) is 9.78 Å². The highest BCUT2D eigenvalue weighted by Crippen LogP contribution is 2.18. The van der Waals surface area contributed by atoms with Crippen LogP contribution in [0.1, 0.15) is 0 Å². The highest BCUT2D eigenvalue weighted by atomic mass is 16.5. The number of morpholine rings is 1. The molecule has 0 aliphatic carbocycles. The van der Waals surface area contributed by atoms with Gasteiger partial charge >= 0.3 is 6.03 Å². The first-order valence-electron chi connectivity index (χ1n) is 8.85. The minimum atomic E-state index is -0.301. The van der Waals surface area contributed by atoms with Gasteiger partial charge in [0, 0.05) is 19.2 Å². The molecule has 2 aromatic rings. The van der Waals surface area contributed by atoms with Crippen LogP contribution in [0.4, 0.5) is 16.3 Å². The van der Waals surface area contributed by atoms with E-state index < -0.39 is 0 Å². The van der Waals surface area contributed by atoms with Crippen LogP contribution >= 0.6 is 0 Å². The van der Waals surface area contributed by atoms with Crippen LogP contribution < -0.4 is 25.0 Å². The molecule has 2 amide bonds. The van der Waals surface area contributed by atoms with E-state index in [1.54, 1.807) is 19.4 Å². The minimum Gasteiger partial charge on any atom is -0.497 e. The molecule has 0 bridgehead atoms. The monoisotopic (exact) mass is 372 g/mol. The van der Waals surface area contributed by atoms with Gasteiger partial charge in [-0.15, -0.1) is 0 Å². The average Bonchev–Trinajstić information content (AvgIpc) is 2.72. The predicted molar refractivity (Wildman–Crippen MR) is 103 cm³/mol. The molecule has 0 spiro atoms. The Kier molecular flexibility index (Phi) is 6.70. The molecule has 1 saturated heterocycles. The number of nitrogens with zero attached hydrogens (tertiary/aromatic N) is 2. The molecule has 1 fully saturated rings. The molecule has 1 aliphatic heterocycles. The molecule has 0 saturated carbocycles. The van der Waals surface area contributed by atoms with E-state index in [-0.39, 0.29) is 6.03 Å². The van der Waals surface area contributed by atoms with Crippen molar-refractivity contribution in [2.45, 2.75) is 0 Å². The lowest BCUT2D eigenvalue weighted by molar-refractivity contribution is 0.122. The Balaban J connectivity index is 1.38. The highest BCUT2D eigenvalue weighted by molar-refractivity contribution is 5.89. The fourth-order valence-corrected chi connectivity index (χ4v) is 2.64. The van der Waals surface area contributed by atoms with Gasteiger partial charge in [-0.05, 0) is 24.3 Å². The average molecular weight is 372 g/mol. The molecule has 3 rings (SSSR count). The molecule has 2 heterocycles. The fraction of sp³-hybridized carbons (Fsp3) is 0.368. The highest BCUT2D eigenvalue weighted by Gasteiger charge is 2.12. The largest absolute Gasteiger partial charge is 0.497 e. The number of carbonyl (C=O) groups is 1. The Hall–Kier alpha value is -3.00. The number of urea groups is 1. The standard InChI is InChI=1S/C19H24N4O4/c1-25-16-3-2-4-17(13-16)27-10-7-20-19(24)22-15-5-6-18(21-14-15)23-8-11-26-12-9-23/h2-6,13-14H,7-12H2,1H3,(H2,20,22,24). The lowest BCUT2D eigenvalue weighted by Crippen LogP contribution is -2.36. The predicted octanol–water partition coefficient (Wildman–Crippen LogP) is 2.13. The van der Waals surface area contributed by atoms with E-state index in [9.17, 15) is 4.79 Å². The second-order valence-corrected chi connectivity index (χ2v) is 5.91. The number of aromatic nitrogens is 1. The third kappa shape index (κ3) is 5.75. The summed E-state index contributed by atoms with van der Waals surface area (Å²) in [7, 11) is 1.60. The van der Waals surface area contributed by atoms with Crippen molar-refractivity contribution in [2.75, 3.05) is 56.8 Å². The molecule has 0 radical (unpaired) electrons. The molecule has 27 heavy (non-hydrogen) atoms. The van der Waals surface area contributed by atoms with Gasteiger partial charge < -0.3 is 29.7 Å². The number of nitrogens with one attached hydrogen (secondary N) is 2. The molecular weight excluding hydrogens is 348 g/mol. The van der Waals surface area contributed by atoms with E-state index in [1.165, 1.54) is 0 Å². The van der Waals surface area contributed by atoms with E-state index >= 15 is 0 Å². The zero-order chi connectivity index (χ0) is 18.9. The van der Waals surface area contributed by atoms with Gasteiger partial charge in [0.05, 0.1) is 38.8 Å². The maximum Gasteiger partial charge on any atom is 0.319 e. The van der Waals surface area contributed by atoms with Crippen LogP contribution in [0.15, 0.2) is 42.6 Å². The lowest BCUT2D eigenvalue weighted by Gasteiger charge is -2.27. The number of hydrogen-bond acceptors (Lipinski definition) is 6. The second-order valence-electron chi connectivity index (χ2n) is 5.91. The van der Waals surface area contributed by atoms with Crippen LogP contribution in [0.2, 0.25) is 0 Å². The van der Waals surface area contributed by atoms with Crippen molar-refractivity contribution in [3.8, 4) is 11.5 Å². The van der Waals surface area contributed by atoms with E-state index in [1.807, 2.05) is 30.3 Å². The summed E-state index contributed by atoms with van der Waals surface area (Å²) in [6.45, 7) is 3.81. The van der Waals surface area contributed by atoms with Crippen LogP contribution in [0.3, 0.4) is 0 Å². The normalized spacial score (nSPS) is 13.7. The second kappa shape index (κ2) is 9.63. The van der Waals surface area contributed by atoms with E-state index in [2.05, 4.69) is 20.5 Å². The van der Waals surface area contributed by atoms with Gasteiger partial charge in [0.1, 0.15) is 23.9 Å². The first-order valence-corrected chi connectivity index (χ1v) is 8.85. The molecule has 0 atom stereocenters. The maximum absolute atomic E-state index is 12.0. The van der Waals surface area contributed by atoms with Crippen molar-refractivity contribution in [1.82, 2.24) is 10.3 Å². The Morgan fingerprint density at radius 3 is 2.78 bits per heavy atom. The number of carbonyl (C=O) groups excluding carboxylic acids is 1. The quantitative estimate of drug-likeness (QED) is 0.725. The van der Waals surface area contributed by atoms with Crippen molar-refractivity contribution >= 4 is 17.5 Å². The molecule has 144 valence electrons. The van der Waals surface area contributed by atoms with Crippen LogP contribution in [-0.2, 0) is 4.74 Å². The van der Waals surface area contributed by atoms with Crippen molar-refractivity contribution in [3.05, 3.63) is 42.6 Å². The van der Waals surface area contributed by atoms with Gasteiger partial charge in [-0.2, -0.15) is 0 Å². The molecule has 0 unspecified atom stereocenters. The minimum absolute atomic E-state index is 0.301. The topological polar surface area (TPSA) is 85.0 Å². The number of amides is 2. The van der Waals surface area contributed by atoms with Gasteiger partial charge in [0.2, 0.25) is 0 Å². The molecule has 8 heteroatoms. The third-order valence-corrected chi connectivity index (χ3v) is 4.04. The van der Waals surface area contributed by atoms with Crippen LogP contribution in [0.5, 0.6) is 11.5 Å². The SMILES string of the molecule is COc1cccc(OCCNC(=O)Nc2ccc(N3CCOCC3)nc2)c1. The molecule has 1 aliphatic rings. The van der Waals surface area contributed by atoms with E-state index in [4.69, 9.17) is 14.2 Å². The summed E-state index contributed by atoms with van der Waals surface area (Å²) in [6.07, 6.45) is 1.65. The smallest absolute Gasteiger partial charge is 0.319 e. The Bertz CT molecular complexity index is 733. The summed E-state index contributed by atoms with van der Waals surface area (Å²) < 4.78 is 16.1. The van der Waals surface area contributed by atoms with Crippen molar-refractivity contribution < 1.29 is 19.0 Å². The Labute approximate surface area is 158 Å². The molecule has 1 aromatic carbocycles. The van der Waals surface area contributed by atoms with Crippen molar-refractivity contribution in [1.29, 1.82) is 0 Å². The molecule has 1 aromatic heterocycles. The number of hydrogen-bond donors (Lipinski definition) is 2. The third-order valence-electron chi connectivity index (χ3n) is 4.04. The maximum atomic E-state index is 12.0. The summed E-state index contributed by atoms with van der Waals surface area (Å²) >= 11 is 0. The number of ether oxygens (including phenoxy) is 3. The Morgan fingerprint density at radius 2 is 2.04 bits per heavy atom. The zero-order valence-corrected chi connectivity index (χ0v) is 15.3. The first-order chi connectivity index (χ1) is 13.2. The van der Waals surface area contributed by atoms with Gasteiger partial charge in [0.15, 0.2) is 0 Å². The van der Waals surface area contributed by atoms with Gasteiger partial charge in [-0.3, -0.25) is 0 Å². The number of pyridine rings is 1. The number of methoxy groups -OCH3 is 1. The van der Waals surface area contributed by atoms with Crippen LogP contribution in [0.25, 0.3) is 0 Å². The van der Waals surface area contributed by atoms with Crippen LogP contribution in [0, 0.1) is 0 Å². The Morgan fingerprint density at radius 1 is 1.22 bits per heavy atom. The zero-order valence-electron chi connectivity index (χ0n) is 15.3.